The van der Waals surface area contributed by atoms with E-state index in [1.807, 2.05) is 0 Å². The number of nitrogens with one attached hydrogen (secondary N) is 1. The first-order chi connectivity index (χ1) is 4.47. The Morgan fingerprint density at radius 1 is 1.22 bits per heavy atom. The van der Waals surface area contributed by atoms with Crippen molar-refractivity contribution < 1.29 is 9.47 Å². The second kappa shape index (κ2) is 2.25. The summed E-state index contributed by atoms with van der Waals surface area (Å²) in [6.07, 6.45) is 1.68. The molecule has 0 radical (unpaired) electrons. The molecular weight excluding hydrogens is 118 g/mol. The van der Waals surface area contributed by atoms with Crippen molar-refractivity contribution in [3.63, 3.8) is 0 Å². The average Bonchev–Trinajstić information content (AvgIpc) is 2.11. The van der Waals surface area contributed by atoms with Gasteiger partial charge in [-0.3, -0.25) is 5.32 Å². The van der Waals surface area contributed by atoms with E-state index in [9.17, 15) is 0 Å². The van der Waals surface area contributed by atoms with Crippen molar-refractivity contribution in [2.24, 2.45) is 0 Å². The Balaban J connectivity index is 1.82. The second-order valence-corrected chi connectivity index (χ2v) is 2.44. The molecule has 0 saturated carbocycles. The smallest absolute Gasteiger partial charge is 0.134 e. The van der Waals surface area contributed by atoms with Crippen LogP contribution >= 0.6 is 0 Å². The molecule has 9 heavy (non-hydrogen) atoms. The number of hydrogen-bond donors (Lipinski definition) is 1. The molecule has 0 aromatic carbocycles. The van der Waals surface area contributed by atoms with Crippen molar-refractivity contribution in [2.45, 2.75) is 18.8 Å². The Morgan fingerprint density at radius 2 is 2.11 bits per heavy atom. The van der Waals surface area contributed by atoms with Gasteiger partial charge in [-0.15, -0.1) is 0 Å². The standard InChI is InChI=1S/C6H11NO2/c1-3-8-5(1)6-7-2-4-9-6/h5-7H,1-4H2. The maximum atomic E-state index is 5.32. The fraction of sp³-hybridized carbons (Fsp3) is 1.00. The van der Waals surface area contributed by atoms with E-state index in [0.717, 1.165) is 26.2 Å². The van der Waals surface area contributed by atoms with Crippen LogP contribution in [0, 0.1) is 0 Å². The maximum absolute atomic E-state index is 5.32. The van der Waals surface area contributed by atoms with Gasteiger partial charge in [0.15, 0.2) is 0 Å². The lowest BCUT2D eigenvalue weighted by molar-refractivity contribution is -0.127. The minimum Gasteiger partial charge on any atom is -0.374 e. The van der Waals surface area contributed by atoms with E-state index < -0.39 is 0 Å². The van der Waals surface area contributed by atoms with Crippen LogP contribution in [0.3, 0.4) is 0 Å². The monoisotopic (exact) mass is 129 g/mol. The van der Waals surface area contributed by atoms with Gasteiger partial charge < -0.3 is 9.47 Å². The van der Waals surface area contributed by atoms with Gasteiger partial charge in [-0.05, 0) is 0 Å². The summed E-state index contributed by atoms with van der Waals surface area (Å²) in [7, 11) is 0. The quantitative estimate of drug-likeness (QED) is 0.528. The van der Waals surface area contributed by atoms with Crippen LogP contribution in [0.5, 0.6) is 0 Å². The van der Waals surface area contributed by atoms with Crippen LogP contribution in [0.4, 0.5) is 0 Å². The Morgan fingerprint density at radius 3 is 2.56 bits per heavy atom. The Kier molecular flexibility index (Phi) is 1.41. The van der Waals surface area contributed by atoms with Crippen LogP contribution in [0.25, 0.3) is 0 Å². The van der Waals surface area contributed by atoms with Gasteiger partial charge in [0.1, 0.15) is 6.23 Å². The van der Waals surface area contributed by atoms with E-state index in [2.05, 4.69) is 5.32 Å². The summed E-state index contributed by atoms with van der Waals surface area (Å²) in [4.78, 5) is 0. The molecule has 2 rings (SSSR count). The van der Waals surface area contributed by atoms with Gasteiger partial charge in [0, 0.05) is 19.6 Å². The minimum atomic E-state index is 0.193. The van der Waals surface area contributed by atoms with Gasteiger partial charge in [0.05, 0.1) is 12.7 Å². The normalized spacial score (nSPS) is 42.7. The Hall–Kier alpha value is -0.120. The second-order valence-electron chi connectivity index (χ2n) is 2.44. The minimum absolute atomic E-state index is 0.193. The summed E-state index contributed by atoms with van der Waals surface area (Å²) >= 11 is 0. The highest BCUT2D eigenvalue weighted by molar-refractivity contribution is 4.78. The third-order valence-electron chi connectivity index (χ3n) is 1.82. The molecule has 2 unspecified atom stereocenters. The highest BCUT2D eigenvalue weighted by Crippen LogP contribution is 2.17. The van der Waals surface area contributed by atoms with Gasteiger partial charge in [0.2, 0.25) is 0 Å². The first-order valence-electron chi connectivity index (χ1n) is 3.43. The zero-order valence-corrected chi connectivity index (χ0v) is 5.30. The Bertz CT molecular complexity index is 97.2. The molecule has 2 heterocycles. The fourth-order valence-electron chi connectivity index (χ4n) is 1.18. The van der Waals surface area contributed by atoms with Crippen molar-refractivity contribution in [3.8, 4) is 0 Å². The third-order valence-corrected chi connectivity index (χ3v) is 1.82. The summed E-state index contributed by atoms with van der Waals surface area (Å²) in [5, 5.41) is 3.21. The van der Waals surface area contributed by atoms with E-state index in [1.165, 1.54) is 0 Å². The molecule has 2 saturated heterocycles. The molecule has 52 valence electrons. The number of ether oxygens (including phenoxy) is 2. The van der Waals surface area contributed by atoms with Gasteiger partial charge in [-0.1, -0.05) is 0 Å². The largest absolute Gasteiger partial charge is 0.374 e. The first kappa shape index (κ1) is 5.65. The van der Waals surface area contributed by atoms with Crippen molar-refractivity contribution in [2.75, 3.05) is 19.8 Å². The molecule has 0 bridgehead atoms. The lowest BCUT2D eigenvalue weighted by Gasteiger charge is -2.30. The molecule has 2 fully saturated rings. The first-order valence-corrected chi connectivity index (χ1v) is 3.43. The molecule has 2 aliphatic rings. The van der Waals surface area contributed by atoms with E-state index in [0.29, 0.717) is 6.10 Å². The van der Waals surface area contributed by atoms with Crippen LogP contribution in [0.2, 0.25) is 0 Å². The molecule has 2 atom stereocenters. The van der Waals surface area contributed by atoms with E-state index in [-0.39, 0.29) is 6.23 Å². The fourth-order valence-corrected chi connectivity index (χ4v) is 1.18. The van der Waals surface area contributed by atoms with Crippen molar-refractivity contribution in [3.05, 3.63) is 0 Å². The summed E-state index contributed by atoms with van der Waals surface area (Å²) in [5.41, 5.74) is 0. The molecule has 0 aromatic rings. The highest BCUT2D eigenvalue weighted by Gasteiger charge is 2.30. The van der Waals surface area contributed by atoms with Crippen LogP contribution in [0.15, 0.2) is 0 Å². The molecule has 2 aliphatic heterocycles. The summed E-state index contributed by atoms with van der Waals surface area (Å²) in [6, 6.07) is 0. The van der Waals surface area contributed by atoms with Crippen molar-refractivity contribution in [1.29, 1.82) is 0 Å². The molecule has 0 spiro atoms. The Labute approximate surface area is 54.3 Å². The molecule has 1 N–H and O–H groups in total. The summed E-state index contributed by atoms with van der Waals surface area (Å²) in [5.74, 6) is 0. The lowest BCUT2D eigenvalue weighted by Crippen LogP contribution is -2.44. The zero-order chi connectivity index (χ0) is 6.10. The zero-order valence-electron chi connectivity index (χ0n) is 5.30. The molecule has 0 aliphatic carbocycles. The molecule has 0 aromatic heterocycles. The van der Waals surface area contributed by atoms with Crippen molar-refractivity contribution in [1.82, 2.24) is 5.32 Å². The summed E-state index contributed by atoms with van der Waals surface area (Å²) in [6.45, 7) is 2.72. The summed E-state index contributed by atoms with van der Waals surface area (Å²) < 4.78 is 10.5. The molecule has 3 heteroatoms. The van der Waals surface area contributed by atoms with Gasteiger partial charge in [-0.25, -0.2) is 0 Å². The van der Waals surface area contributed by atoms with Gasteiger partial charge in [-0.2, -0.15) is 0 Å². The topological polar surface area (TPSA) is 30.5 Å². The van der Waals surface area contributed by atoms with E-state index >= 15 is 0 Å². The number of rotatable bonds is 1. The van der Waals surface area contributed by atoms with E-state index in [1.54, 1.807) is 0 Å². The van der Waals surface area contributed by atoms with Crippen molar-refractivity contribution >= 4 is 0 Å². The lowest BCUT2D eigenvalue weighted by atomic mass is 10.2. The van der Waals surface area contributed by atoms with Crippen LogP contribution < -0.4 is 5.32 Å². The third kappa shape index (κ3) is 0.956. The molecule has 3 nitrogen and oxygen atoms in total. The molecule has 0 amide bonds. The molecular formula is C6H11NO2. The highest BCUT2D eigenvalue weighted by atomic mass is 16.6. The van der Waals surface area contributed by atoms with Crippen LogP contribution in [-0.2, 0) is 9.47 Å². The van der Waals surface area contributed by atoms with E-state index in [4.69, 9.17) is 9.47 Å². The SMILES string of the molecule is C1COC(C2CCO2)N1. The number of hydrogen-bond acceptors (Lipinski definition) is 3. The van der Waals surface area contributed by atoms with Gasteiger partial charge in [0.25, 0.3) is 0 Å². The maximum Gasteiger partial charge on any atom is 0.134 e. The predicted octanol–water partition coefficient (Wildman–Crippen LogP) is -0.279. The van der Waals surface area contributed by atoms with Crippen LogP contribution in [-0.4, -0.2) is 32.1 Å². The predicted molar refractivity (Wildman–Crippen MR) is 32.1 cm³/mol. The van der Waals surface area contributed by atoms with Crippen LogP contribution in [0.1, 0.15) is 6.42 Å². The van der Waals surface area contributed by atoms with Gasteiger partial charge >= 0.3 is 0 Å². The average molecular weight is 129 g/mol.